The summed E-state index contributed by atoms with van der Waals surface area (Å²) >= 11 is 1.40. The number of fused-ring (bicyclic) bond motifs is 2. The molecule has 35 heavy (non-hydrogen) atoms. The van der Waals surface area contributed by atoms with E-state index >= 15 is 0 Å². The first-order chi connectivity index (χ1) is 16.9. The molecule has 0 saturated carbocycles. The molecule has 186 valence electrons. The van der Waals surface area contributed by atoms with Crippen molar-refractivity contribution in [1.82, 2.24) is 8.87 Å². The van der Waals surface area contributed by atoms with E-state index in [-0.39, 0.29) is 11.0 Å². The first-order valence-electron chi connectivity index (χ1n) is 11.6. The number of hydrogen-bond donors (Lipinski definition) is 0. The zero-order valence-electron chi connectivity index (χ0n) is 19.6. The summed E-state index contributed by atoms with van der Waals surface area (Å²) in [6.45, 7) is 4.59. The van der Waals surface area contributed by atoms with E-state index in [9.17, 15) is 13.2 Å². The largest absolute Gasteiger partial charge is 0.486 e. The van der Waals surface area contributed by atoms with Crippen LogP contribution in [0.4, 0.5) is 0 Å². The van der Waals surface area contributed by atoms with Crippen molar-refractivity contribution in [2.75, 3.05) is 33.4 Å². The van der Waals surface area contributed by atoms with E-state index in [0.29, 0.717) is 54.8 Å². The molecule has 1 fully saturated rings. The number of rotatable bonds is 6. The molecule has 3 aromatic rings. The maximum atomic E-state index is 12.9. The number of carbonyl (C=O) groups is 1. The molecule has 1 aromatic heterocycles. The average Bonchev–Trinajstić information content (AvgIpc) is 3.49. The smallest absolute Gasteiger partial charge is 0.279 e. The SMILES string of the molecule is CCn1c(=NC(=O)c2ccc(S(=O)(=O)N(C)CC3CCCO3)cc2)sc2cc3c(cc21)OCCO3. The molecule has 1 amide bonds. The topological polar surface area (TPSA) is 99.4 Å². The lowest BCUT2D eigenvalue weighted by molar-refractivity contribution is 0.0979. The van der Waals surface area contributed by atoms with Crippen LogP contribution in [0.2, 0.25) is 0 Å². The lowest BCUT2D eigenvalue weighted by Gasteiger charge is -2.20. The number of carbonyl (C=O) groups excluding carboxylic acids is 1. The van der Waals surface area contributed by atoms with Gasteiger partial charge in [0.15, 0.2) is 16.3 Å². The van der Waals surface area contributed by atoms with Gasteiger partial charge >= 0.3 is 0 Å². The fourth-order valence-electron chi connectivity index (χ4n) is 4.27. The molecule has 0 radical (unpaired) electrons. The Morgan fingerprint density at radius 1 is 1.14 bits per heavy atom. The van der Waals surface area contributed by atoms with Crippen LogP contribution < -0.4 is 14.3 Å². The van der Waals surface area contributed by atoms with E-state index in [1.54, 1.807) is 7.05 Å². The number of hydrogen-bond acceptors (Lipinski definition) is 7. The quantitative estimate of drug-likeness (QED) is 0.498. The highest BCUT2D eigenvalue weighted by Crippen LogP contribution is 2.35. The Kier molecular flexibility index (Phi) is 6.67. The van der Waals surface area contributed by atoms with Gasteiger partial charge in [-0.1, -0.05) is 11.3 Å². The van der Waals surface area contributed by atoms with Gasteiger partial charge in [0.05, 0.1) is 21.2 Å². The molecule has 1 saturated heterocycles. The van der Waals surface area contributed by atoms with Crippen LogP contribution in [0, 0.1) is 0 Å². The number of nitrogens with zero attached hydrogens (tertiary/aromatic N) is 3. The van der Waals surface area contributed by atoms with Gasteiger partial charge in [0.25, 0.3) is 5.91 Å². The molecule has 2 aliphatic rings. The molecule has 5 rings (SSSR count). The Morgan fingerprint density at radius 2 is 1.86 bits per heavy atom. The van der Waals surface area contributed by atoms with E-state index in [1.807, 2.05) is 23.6 Å². The maximum Gasteiger partial charge on any atom is 0.279 e. The van der Waals surface area contributed by atoms with Gasteiger partial charge in [0, 0.05) is 44.4 Å². The van der Waals surface area contributed by atoms with Gasteiger partial charge < -0.3 is 18.8 Å². The Labute approximate surface area is 207 Å². The van der Waals surface area contributed by atoms with Crippen molar-refractivity contribution in [2.45, 2.75) is 37.3 Å². The van der Waals surface area contributed by atoms with Gasteiger partial charge in [0.2, 0.25) is 10.0 Å². The highest BCUT2D eigenvalue weighted by molar-refractivity contribution is 7.89. The summed E-state index contributed by atoms with van der Waals surface area (Å²) in [5.74, 6) is 0.933. The first kappa shape index (κ1) is 24.0. The number of thiazole rings is 1. The van der Waals surface area contributed by atoms with Crippen LogP contribution in [0.5, 0.6) is 11.5 Å². The van der Waals surface area contributed by atoms with Crippen molar-refractivity contribution in [2.24, 2.45) is 4.99 Å². The molecule has 0 spiro atoms. The Hall–Kier alpha value is -2.73. The van der Waals surface area contributed by atoms with Gasteiger partial charge in [-0.3, -0.25) is 4.79 Å². The third-order valence-electron chi connectivity index (χ3n) is 6.15. The molecule has 1 unspecified atom stereocenters. The second-order valence-corrected chi connectivity index (χ2v) is 11.5. The number of benzene rings is 2. The predicted molar refractivity (Wildman–Crippen MR) is 132 cm³/mol. The van der Waals surface area contributed by atoms with Gasteiger partial charge in [-0.2, -0.15) is 9.30 Å². The second kappa shape index (κ2) is 9.73. The maximum absolute atomic E-state index is 12.9. The molecule has 0 bridgehead atoms. The Balaban J connectivity index is 1.40. The van der Waals surface area contributed by atoms with Crippen LogP contribution >= 0.6 is 11.3 Å². The van der Waals surface area contributed by atoms with E-state index in [4.69, 9.17) is 14.2 Å². The lowest BCUT2D eigenvalue weighted by Crippen LogP contribution is -2.34. The van der Waals surface area contributed by atoms with Gasteiger partial charge in [-0.25, -0.2) is 8.42 Å². The average molecular weight is 518 g/mol. The zero-order chi connectivity index (χ0) is 24.6. The molecule has 9 nitrogen and oxygen atoms in total. The van der Waals surface area contributed by atoms with Gasteiger partial charge in [-0.05, 0) is 44.0 Å². The van der Waals surface area contributed by atoms with Crippen molar-refractivity contribution >= 4 is 37.5 Å². The summed E-state index contributed by atoms with van der Waals surface area (Å²) < 4.78 is 47.0. The van der Waals surface area contributed by atoms with Crippen LogP contribution in [-0.4, -0.2) is 62.7 Å². The number of amides is 1. The third-order valence-corrected chi connectivity index (χ3v) is 9.03. The monoisotopic (exact) mass is 517 g/mol. The van der Waals surface area contributed by atoms with Crippen molar-refractivity contribution < 1.29 is 27.4 Å². The normalized spacial score (nSPS) is 18.5. The standard InChI is InChI=1S/C24H27N3O6S2/c1-3-27-19-13-20-21(33-12-11-32-20)14-22(19)34-24(27)25-23(28)16-6-8-18(9-7-16)35(29,30)26(2)15-17-5-4-10-31-17/h6-9,13-14,17H,3-5,10-12,15H2,1-2H3. The van der Waals surface area contributed by atoms with E-state index in [0.717, 1.165) is 23.1 Å². The summed E-state index contributed by atoms with van der Waals surface area (Å²) in [6, 6.07) is 9.74. The molecular formula is C24H27N3O6S2. The van der Waals surface area contributed by atoms with Crippen LogP contribution in [0.25, 0.3) is 10.2 Å². The molecule has 0 aliphatic carbocycles. The second-order valence-electron chi connectivity index (χ2n) is 8.45. The number of ether oxygens (including phenoxy) is 3. The summed E-state index contributed by atoms with van der Waals surface area (Å²) in [4.78, 5) is 18.0. The summed E-state index contributed by atoms with van der Waals surface area (Å²) in [6.07, 6.45) is 1.72. The van der Waals surface area contributed by atoms with Crippen LogP contribution in [-0.2, 0) is 21.3 Å². The molecule has 3 heterocycles. The first-order valence-corrected chi connectivity index (χ1v) is 13.8. The third kappa shape index (κ3) is 4.73. The Bertz CT molecular complexity index is 1420. The van der Waals surface area contributed by atoms with Crippen molar-refractivity contribution in [1.29, 1.82) is 0 Å². The van der Waals surface area contributed by atoms with Crippen molar-refractivity contribution in [3.63, 3.8) is 0 Å². The van der Waals surface area contributed by atoms with E-state index < -0.39 is 15.9 Å². The fourth-order valence-corrected chi connectivity index (χ4v) is 6.58. The van der Waals surface area contributed by atoms with Crippen LogP contribution in [0.1, 0.15) is 30.1 Å². The number of likely N-dealkylation sites (N-methyl/N-ethyl adjacent to an activating group) is 1. The number of aryl methyl sites for hydroxylation is 1. The highest BCUT2D eigenvalue weighted by Gasteiger charge is 2.26. The fraction of sp³-hybridized carbons (Fsp3) is 0.417. The summed E-state index contributed by atoms with van der Waals surface area (Å²) in [7, 11) is -2.13. The number of aromatic nitrogens is 1. The van der Waals surface area contributed by atoms with Gasteiger partial charge in [-0.15, -0.1) is 0 Å². The van der Waals surface area contributed by atoms with Crippen molar-refractivity contribution in [3.8, 4) is 11.5 Å². The zero-order valence-corrected chi connectivity index (χ0v) is 21.2. The minimum atomic E-state index is -3.68. The molecule has 2 aliphatic heterocycles. The lowest BCUT2D eigenvalue weighted by atomic mass is 10.2. The Morgan fingerprint density at radius 3 is 2.51 bits per heavy atom. The summed E-state index contributed by atoms with van der Waals surface area (Å²) in [5.41, 5.74) is 1.24. The molecule has 1 atom stereocenters. The summed E-state index contributed by atoms with van der Waals surface area (Å²) in [5, 5.41) is 0. The van der Waals surface area contributed by atoms with E-state index in [2.05, 4.69) is 4.99 Å². The predicted octanol–water partition coefficient (Wildman–Crippen LogP) is 3.03. The molecule has 0 N–H and O–H groups in total. The molecule has 2 aromatic carbocycles. The highest BCUT2D eigenvalue weighted by atomic mass is 32.2. The van der Waals surface area contributed by atoms with Crippen LogP contribution in [0.15, 0.2) is 46.3 Å². The minimum Gasteiger partial charge on any atom is -0.486 e. The van der Waals surface area contributed by atoms with Crippen LogP contribution in [0.3, 0.4) is 0 Å². The van der Waals surface area contributed by atoms with Gasteiger partial charge in [0.1, 0.15) is 13.2 Å². The van der Waals surface area contributed by atoms with E-state index in [1.165, 1.54) is 39.9 Å². The molecular weight excluding hydrogens is 490 g/mol. The number of sulfonamides is 1. The minimum absolute atomic E-state index is 0.0790. The molecule has 11 heteroatoms. The van der Waals surface area contributed by atoms with Crippen molar-refractivity contribution in [3.05, 3.63) is 46.8 Å².